The summed E-state index contributed by atoms with van der Waals surface area (Å²) >= 11 is 7.69. The highest BCUT2D eigenvalue weighted by molar-refractivity contribution is 7.07. The number of methoxy groups -OCH3 is 2. The van der Waals surface area contributed by atoms with Gasteiger partial charge >= 0.3 is 5.97 Å². The molecule has 9 nitrogen and oxygen atoms in total. The number of carbonyl (C=O) groups is 1. The van der Waals surface area contributed by atoms with Crippen molar-refractivity contribution in [1.29, 1.82) is 0 Å². The average Bonchev–Trinajstić information content (AvgIpc) is 3.23. The highest BCUT2D eigenvalue weighted by atomic mass is 35.5. The molecule has 2 aromatic carbocycles. The molecule has 0 saturated heterocycles. The lowest BCUT2D eigenvalue weighted by atomic mass is 9.95. The molecule has 0 N–H and O–H groups in total. The molecule has 2 heterocycles. The molecule has 0 fully saturated rings. The number of carbonyl (C=O) groups excluding carboxylic acids is 1. The number of thiazole rings is 1. The fourth-order valence-electron chi connectivity index (χ4n) is 4.57. The quantitative estimate of drug-likeness (QED) is 0.312. The Bertz CT molecular complexity index is 1670. The average molecular weight is 601 g/mol. The van der Waals surface area contributed by atoms with Gasteiger partial charge in [0, 0.05) is 0 Å². The van der Waals surface area contributed by atoms with E-state index in [1.165, 1.54) is 23.0 Å². The number of allylic oxidation sites excluding steroid dienone is 1. The summed E-state index contributed by atoms with van der Waals surface area (Å²) in [6, 6.07) is 8.02. The van der Waals surface area contributed by atoms with Crippen LogP contribution in [-0.4, -0.2) is 44.1 Å². The molecule has 0 radical (unpaired) electrons. The first-order valence-corrected chi connectivity index (χ1v) is 14.4. The number of benzene rings is 2. The van der Waals surface area contributed by atoms with Crippen molar-refractivity contribution in [2.75, 3.05) is 27.4 Å². The Morgan fingerprint density at radius 3 is 2.46 bits per heavy atom. The molecule has 0 amide bonds. The minimum absolute atomic E-state index is 0.0700. The van der Waals surface area contributed by atoms with E-state index in [2.05, 4.69) is 4.99 Å². The van der Waals surface area contributed by atoms with Crippen molar-refractivity contribution < 1.29 is 28.5 Å². The van der Waals surface area contributed by atoms with Gasteiger partial charge in [0.05, 0.1) is 60.4 Å². The number of fused-ring (bicyclic) bond motifs is 1. The van der Waals surface area contributed by atoms with E-state index in [1.807, 2.05) is 26.8 Å². The molecular formula is C30H33ClN2O7S. The van der Waals surface area contributed by atoms with Gasteiger partial charge in [-0.3, -0.25) is 9.36 Å². The van der Waals surface area contributed by atoms with Crippen molar-refractivity contribution in [1.82, 2.24) is 4.57 Å². The van der Waals surface area contributed by atoms with E-state index in [0.29, 0.717) is 60.8 Å². The second-order valence-electron chi connectivity index (χ2n) is 9.35. The molecule has 0 bridgehead atoms. The highest BCUT2D eigenvalue weighted by Gasteiger charge is 2.34. The van der Waals surface area contributed by atoms with Gasteiger partial charge in [0.2, 0.25) is 0 Å². The van der Waals surface area contributed by atoms with Crippen molar-refractivity contribution >= 4 is 35.0 Å². The number of esters is 1. The van der Waals surface area contributed by atoms with E-state index < -0.39 is 12.0 Å². The third kappa shape index (κ3) is 6.13. The number of nitrogens with zero attached hydrogens (tertiary/aromatic N) is 2. The molecule has 218 valence electrons. The minimum atomic E-state index is -0.798. The van der Waals surface area contributed by atoms with Crippen molar-refractivity contribution in [3.63, 3.8) is 0 Å². The van der Waals surface area contributed by atoms with E-state index in [4.69, 9.17) is 35.3 Å². The van der Waals surface area contributed by atoms with Gasteiger partial charge in [-0.15, -0.1) is 0 Å². The van der Waals surface area contributed by atoms with Crippen molar-refractivity contribution in [2.24, 2.45) is 4.99 Å². The maximum Gasteiger partial charge on any atom is 0.338 e. The molecule has 11 heteroatoms. The Labute approximate surface area is 247 Å². The normalized spacial score (nSPS) is 15.0. The van der Waals surface area contributed by atoms with Crippen LogP contribution in [0, 0.1) is 0 Å². The van der Waals surface area contributed by atoms with Gasteiger partial charge in [-0.2, -0.15) is 0 Å². The summed E-state index contributed by atoms with van der Waals surface area (Å²) in [5.41, 5.74) is 1.72. The lowest BCUT2D eigenvalue weighted by molar-refractivity contribution is -0.139. The molecule has 0 unspecified atom stereocenters. The first-order valence-electron chi connectivity index (χ1n) is 13.2. The summed E-state index contributed by atoms with van der Waals surface area (Å²) in [6.45, 7) is 9.76. The van der Waals surface area contributed by atoms with Gasteiger partial charge in [-0.1, -0.05) is 29.0 Å². The zero-order chi connectivity index (χ0) is 29.8. The predicted molar refractivity (Wildman–Crippen MR) is 158 cm³/mol. The fraction of sp³-hybridized carbons (Fsp3) is 0.367. The van der Waals surface area contributed by atoms with Crippen LogP contribution in [0.5, 0.6) is 23.0 Å². The van der Waals surface area contributed by atoms with Crippen LogP contribution in [0.25, 0.3) is 6.08 Å². The minimum Gasteiger partial charge on any atom is -0.493 e. The topological polar surface area (TPSA) is 97.6 Å². The molecule has 1 atom stereocenters. The molecule has 0 spiro atoms. The smallest absolute Gasteiger partial charge is 0.338 e. The summed E-state index contributed by atoms with van der Waals surface area (Å²) in [7, 11) is 3.07. The second-order valence-corrected chi connectivity index (χ2v) is 10.8. The summed E-state index contributed by atoms with van der Waals surface area (Å²) in [5.74, 6) is 1.37. The first-order chi connectivity index (χ1) is 19.6. The van der Waals surface area contributed by atoms with E-state index in [9.17, 15) is 9.59 Å². The highest BCUT2D eigenvalue weighted by Crippen LogP contribution is 2.38. The van der Waals surface area contributed by atoms with E-state index in [1.54, 1.807) is 51.3 Å². The summed E-state index contributed by atoms with van der Waals surface area (Å²) in [4.78, 5) is 32.3. The van der Waals surface area contributed by atoms with E-state index in [0.717, 1.165) is 0 Å². The van der Waals surface area contributed by atoms with Gasteiger partial charge in [0.25, 0.3) is 5.56 Å². The Hall–Kier alpha value is -3.76. The predicted octanol–water partition coefficient (Wildman–Crippen LogP) is 4.65. The van der Waals surface area contributed by atoms with E-state index in [-0.39, 0.29) is 23.8 Å². The third-order valence-electron chi connectivity index (χ3n) is 6.22. The zero-order valence-corrected chi connectivity index (χ0v) is 25.6. The van der Waals surface area contributed by atoms with Gasteiger partial charge in [0.1, 0.15) is 0 Å². The largest absolute Gasteiger partial charge is 0.493 e. The standard InChI is InChI=1S/C30H33ClN2O7S/c1-8-38-27-20(31)12-18(13-23(27)37-7)14-24-28(34)33-26(19-10-11-21(40-16(3)4)22(15-19)36-6)25(29(35)39-9-2)17(5)32-30(33)41-24/h10-16,26H,8-9H2,1-7H3/b24-14-/t26-/m1/s1. The molecule has 0 saturated carbocycles. The van der Waals surface area contributed by atoms with E-state index >= 15 is 0 Å². The Balaban J connectivity index is 1.93. The van der Waals surface area contributed by atoms with Gasteiger partial charge < -0.3 is 23.7 Å². The summed E-state index contributed by atoms with van der Waals surface area (Å²) in [5, 5.41) is 0.361. The van der Waals surface area contributed by atoms with Crippen molar-refractivity contribution in [3.05, 3.63) is 77.4 Å². The van der Waals surface area contributed by atoms with Crippen LogP contribution in [0.2, 0.25) is 5.02 Å². The second kappa shape index (κ2) is 12.8. The van der Waals surface area contributed by atoms with Crippen LogP contribution in [0.3, 0.4) is 0 Å². The number of aromatic nitrogens is 1. The molecule has 1 aliphatic rings. The lowest BCUT2D eigenvalue weighted by Crippen LogP contribution is -2.40. The number of ether oxygens (including phenoxy) is 5. The SMILES string of the molecule is CCOC(=O)C1=C(C)N=c2s/c(=C\c3cc(Cl)c(OCC)c(OC)c3)c(=O)n2[C@@H]1c1ccc(OC(C)C)c(OC)c1. The Morgan fingerprint density at radius 2 is 1.83 bits per heavy atom. The number of hydrogen-bond donors (Lipinski definition) is 0. The molecule has 3 aromatic rings. The molecule has 1 aliphatic heterocycles. The van der Waals surface area contributed by atoms with Gasteiger partial charge in [0.15, 0.2) is 27.8 Å². The molecule has 41 heavy (non-hydrogen) atoms. The van der Waals surface area contributed by atoms with Gasteiger partial charge in [-0.25, -0.2) is 9.79 Å². The van der Waals surface area contributed by atoms with Crippen LogP contribution in [0.15, 0.2) is 51.4 Å². The van der Waals surface area contributed by atoms with Crippen LogP contribution in [0.4, 0.5) is 0 Å². The molecule has 4 rings (SSSR count). The van der Waals surface area contributed by atoms with Gasteiger partial charge in [-0.05, 0) is 76.1 Å². The number of rotatable bonds is 10. The van der Waals surface area contributed by atoms with Crippen LogP contribution in [0.1, 0.15) is 51.8 Å². The summed E-state index contributed by atoms with van der Waals surface area (Å²) < 4.78 is 29.9. The number of hydrogen-bond acceptors (Lipinski definition) is 9. The summed E-state index contributed by atoms with van der Waals surface area (Å²) in [6.07, 6.45) is 1.65. The van der Waals surface area contributed by atoms with Crippen molar-refractivity contribution in [2.45, 2.75) is 46.8 Å². The van der Waals surface area contributed by atoms with Crippen molar-refractivity contribution in [3.8, 4) is 23.0 Å². The molecular weight excluding hydrogens is 568 g/mol. The number of halogens is 1. The Kier molecular flexibility index (Phi) is 9.45. The molecule has 1 aromatic heterocycles. The van der Waals surface area contributed by atoms with Crippen LogP contribution < -0.4 is 33.8 Å². The lowest BCUT2D eigenvalue weighted by Gasteiger charge is -2.25. The zero-order valence-electron chi connectivity index (χ0n) is 24.1. The maximum absolute atomic E-state index is 14.0. The Morgan fingerprint density at radius 1 is 1.10 bits per heavy atom. The fourth-order valence-corrected chi connectivity index (χ4v) is 5.89. The monoisotopic (exact) mass is 600 g/mol. The first kappa shape index (κ1) is 30.2. The third-order valence-corrected chi connectivity index (χ3v) is 7.49. The maximum atomic E-state index is 14.0. The molecule has 0 aliphatic carbocycles. The van der Waals surface area contributed by atoms with Crippen LogP contribution >= 0.6 is 22.9 Å². The van der Waals surface area contributed by atoms with Crippen LogP contribution in [-0.2, 0) is 9.53 Å².